The Morgan fingerprint density at radius 3 is 2.67 bits per heavy atom. The van der Waals surface area contributed by atoms with Crippen molar-refractivity contribution < 1.29 is 9.90 Å². The maximum Gasteiger partial charge on any atom is 0.165 e. The van der Waals surface area contributed by atoms with Gasteiger partial charge in [0.1, 0.15) is 5.82 Å². The number of aliphatic hydroxyl groups is 1. The number of Topliss-reactive ketones (excluding diaryl/α,β-unsaturated/α-hetero) is 1. The SMILES string of the molecule is CCC(CO)Nc1ccn2ncc(-c3ccc(C(C)=O)cc3)c2n1. The van der Waals surface area contributed by atoms with E-state index in [1.165, 1.54) is 0 Å². The molecule has 6 nitrogen and oxygen atoms in total. The Bertz CT molecular complexity index is 851. The highest BCUT2D eigenvalue weighted by molar-refractivity contribution is 5.94. The quantitative estimate of drug-likeness (QED) is 0.682. The third-order valence-electron chi connectivity index (χ3n) is 4.04. The number of hydrogen-bond acceptors (Lipinski definition) is 5. The van der Waals surface area contributed by atoms with Crippen molar-refractivity contribution in [2.45, 2.75) is 26.3 Å². The second-order valence-corrected chi connectivity index (χ2v) is 5.70. The average molecular weight is 324 g/mol. The van der Waals surface area contributed by atoms with E-state index < -0.39 is 0 Å². The molecule has 0 aliphatic heterocycles. The molecule has 2 N–H and O–H groups in total. The molecule has 0 amide bonds. The summed E-state index contributed by atoms with van der Waals surface area (Å²) >= 11 is 0. The number of hydrogen-bond donors (Lipinski definition) is 2. The molecule has 3 rings (SSSR count). The van der Waals surface area contributed by atoms with Gasteiger partial charge in [-0.1, -0.05) is 31.2 Å². The van der Waals surface area contributed by atoms with Gasteiger partial charge in [0.2, 0.25) is 0 Å². The number of carbonyl (C=O) groups is 1. The Morgan fingerprint density at radius 1 is 1.29 bits per heavy atom. The standard InChI is InChI=1S/C18H20N4O2/c1-3-15(11-23)20-17-8-9-22-18(21-17)16(10-19-22)14-6-4-13(5-7-14)12(2)24/h4-10,15,23H,3,11H2,1-2H3,(H,20,21). The van der Waals surface area contributed by atoms with Gasteiger partial charge in [-0.3, -0.25) is 4.79 Å². The molecule has 0 fully saturated rings. The number of carbonyl (C=O) groups excluding carboxylic acids is 1. The van der Waals surface area contributed by atoms with Crippen molar-refractivity contribution in [1.29, 1.82) is 0 Å². The van der Waals surface area contributed by atoms with Gasteiger partial charge >= 0.3 is 0 Å². The zero-order chi connectivity index (χ0) is 17.1. The van der Waals surface area contributed by atoms with Crippen molar-refractivity contribution in [2.75, 3.05) is 11.9 Å². The summed E-state index contributed by atoms with van der Waals surface area (Å²) in [6.45, 7) is 3.62. The van der Waals surface area contributed by atoms with Crippen LogP contribution in [0.2, 0.25) is 0 Å². The maximum atomic E-state index is 11.4. The van der Waals surface area contributed by atoms with E-state index in [1.807, 2.05) is 43.5 Å². The number of aromatic nitrogens is 3. The van der Waals surface area contributed by atoms with Gasteiger partial charge in [0.05, 0.1) is 18.8 Å². The Hall–Kier alpha value is -2.73. The molecular formula is C18H20N4O2. The van der Waals surface area contributed by atoms with Gasteiger partial charge in [0.15, 0.2) is 11.4 Å². The molecule has 1 aromatic carbocycles. The van der Waals surface area contributed by atoms with E-state index >= 15 is 0 Å². The minimum absolute atomic E-state index is 0.0267. The van der Waals surface area contributed by atoms with Crippen LogP contribution < -0.4 is 5.32 Å². The number of nitrogens with zero attached hydrogens (tertiary/aromatic N) is 3. The van der Waals surface area contributed by atoms with Crippen LogP contribution in [-0.2, 0) is 0 Å². The second-order valence-electron chi connectivity index (χ2n) is 5.70. The van der Waals surface area contributed by atoms with Crippen LogP contribution in [0, 0.1) is 0 Å². The molecule has 3 aromatic rings. The first-order valence-electron chi connectivity index (χ1n) is 7.95. The first-order chi connectivity index (χ1) is 11.6. The lowest BCUT2D eigenvalue weighted by atomic mass is 10.1. The van der Waals surface area contributed by atoms with Gasteiger partial charge < -0.3 is 10.4 Å². The predicted octanol–water partition coefficient (Wildman–Crippen LogP) is 2.78. The normalized spacial score (nSPS) is 12.3. The summed E-state index contributed by atoms with van der Waals surface area (Å²) in [5.41, 5.74) is 3.25. The van der Waals surface area contributed by atoms with Crippen molar-refractivity contribution in [1.82, 2.24) is 14.6 Å². The van der Waals surface area contributed by atoms with Crippen molar-refractivity contribution in [3.05, 3.63) is 48.3 Å². The molecule has 0 radical (unpaired) electrons. The molecule has 0 bridgehead atoms. The van der Waals surface area contributed by atoms with Gasteiger partial charge in [0.25, 0.3) is 0 Å². The molecule has 2 heterocycles. The Balaban J connectivity index is 1.97. The Kier molecular flexibility index (Phi) is 4.57. The van der Waals surface area contributed by atoms with E-state index in [9.17, 15) is 9.90 Å². The molecule has 2 aromatic heterocycles. The van der Waals surface area contributed by atoms with Crippen molar-refractivity contribution in [3.8, 4) is 11.1 Å². The molecule has 0 aliphatic rings. The molecule has 1 atom stereocenters. The number of anilines is 1. The molecular weight excluding hydrogens is 304 g/mol. The largest absolute Gasteiger partial charge is 0.394 e. The fourth-order valence-electron chi connectivity index (χ4n) is 2.52. The van der Waals surface area contributed by atoms with Gasteiger partial charge in [-0.2, -0.15) is 5.10 Å². The summed E-state index contributed by atoms with van der Waals surface area (Å²) in [5.74, 6) is 0.742. The van der Waals surface area contributed by atoms with Gasteiger partial charge in [-0.05, 0) is 25.0 Å². The number of nitrogens with one attached hydrogen (secondary N) is 1. The molecule has 1 unspecified atom stereocenters. The maximum absolute atomic E-state index is 11.4. The van der Waals surface area contributed by atoms with E-state index in [-0.39, 0.29) is 18.4 Å². The van der Waals surface area contributed by atoms with Crippen LogP contribution in [0.5, 0.6) is 0 Å². The number of benzene rings is 1. The number of aliphatic hydroxyl groups excluding tert-OH is 1. The van der Waals surface area contributed by atoms with Gasteiger partial charge in [-0.25, -0.2) is 9.50 Å². The summed E-state index contributed by atoms with van der Waals surface area (Å²) in [7, 11) is 0. The van der Waals surface area contributed by atoms with Crippen molar-refractivity contribution >= 4 is 17.2 Å². The monoisotopic (exact) mass is 324 g/mol. The molecule has 124 valence electrons. The summed E-state index contributed by atoms with van der Waals surface area (Å²) in [6.07, 6.45) is 4.41. The van der Waals surface area contributed by atoms with E-state index in [4.69, 9.17) is 0 Å². The summed E-state index contributed by atoms with van der Waals surface area (Å²) < 4.78 is 1.71. The van der Waals surface area contributed by atoms with Crippen LogP contribution in [0.15, 0.2) is 42.7 Å². The van der Waals surface area contributed by atoms with Crippen LogP contribution in [0.1, 0.15) is 30.6 Å². The van der Waals surface area contributed by atoms with Crippen molar-refractivity contribution in [3.63, 3.8) is 0 Å². The fourth-order valence-corrected chi connectivity index (χ4v) is 2.52. The smallest absolute Gasteiger partial charge is 0.165 e. The molecule has 24 heavy (non-hydrogen) atoms. The third-order valence-corrected chi connectivity index (χ3v) is 4.04. The summed E-state index contributed by atoms with van der Waals surface area (Å²) in [6, 6.07) is 9.22. The van der Waals surface area contributed by atoms with Crippen LogP contribution >= 0.6 is 0 Å². The Morgan fingerprint density at radius 2 is 2.04 bits per heavy atom. The van der Waals surface area contributed by atoms with Gasteiger partial charge in [0, 0.05) is 17.3 Å². The van der Waals surface area contributed by atoms with Gasteiger partial charge in [-0.15, -0.1) is 0 Å². The third kappa shape index (κ3) is 3.14. The molecule has 0 aliphatic carbocycles. The van der Waals surface area contributed by atoms with Crippen LogP contribution in [-0.4, -0.2) is 38.1 Å². The minimum atomic E-state index is -0.0267. The number of ketones is 1. The van der Waals surface area contributed by atoms with Crippen LogP contribution in [0.4, 0.5) is 5.82 Å². The van der Waals surface area contributed by atoms with Crippen molar-refractivity contribution in [2.24, 2.45) is 0 Å². The number of rotatable bonds is 6. The first-order valence-corrected chi connectivity index (χ1v) is 7.95. The lowest BCUT2D eigenvalue weighted by molar-refractivity contribution is 0.101. The molecule has 0 saturated carbocycles. The van der Waals surface area contributed by atoms with E-state index in [0.29, 0.717) is 11.4 Å². The highest BCUT2D eigenvalue weighted by atomic mass is 16.3. The second kappa shape index (κ2) is 6.80. The average Bonchev–Trinajstić information content (AvgIpc) is 3.03. The van der Waals surface area contributed by atoms with Crippen LogP contribution in [0.25, 0.3) is 16.8 Å². The van der Waals surface area contributed by atoms with E-state index in [0.717, 1.165) is 23.2 Å². The highest BCUT2D eigenvalue weighted by Gasteiger charge is 2.11. The summed E-state index contributed by atoms with van der Waals surface area (Å²) in [4.78, 5) is 16.0. The number of fused-ring (bicyclic) bond motifs is 1. The lowest BCUT2D eigenvalue weighted by Crippen LogP contribution is -2.23. The molecule has 6 heteroatoms. The van der Waals surface area contributed by atoms with Crippen LogP contribution in [0.3, 0.4) is 0 Å². The van der Waals surface area contributed by atoms with E-state index in [2.05, 4.69) is 15.4 Å². The first kappa shape index (κ1) is 16.1. The zero-order valence-electron chi connectivity index (χ0n) is 13.7. The molecule has 0 spiro atoms. The predicted molar refractivity (Wildman–Crippen MR) is 93.2 cm³/mol. The lowest BCUT2D eigenvalue weighted by Gasteiger charge is -2.14. The minimum Gasteiger partial charge on any atom is -0.394 e. The zero-order valence-corrected chi connectivity index (χ0v) is 13.7. The topological polar surface area (TPSA) is 79.5 Å². The highest BCUT2D eigenvalue weighted by Crippen LogP contribution is 2.24. The molecule has 0 saturated heterocycles. The summed E-state index contributed by atoms with van der Waals surface area (Å²) in [5, 5.41) is 16.9. The Labute approximate surface area is 140 Å². The van der Waals surface area contributed by atoms with E-state index in [1.54, 1.807) is 17.6 Å². The fraction of sp³-hybridized carbons (Fsp3) is 0.278.